The van der Waals surface area contributed by atoms with Gasteiger partial charge in [0.25, 0.3) is 11.1 Å². The third kappa shape index (κ3) is 14.7. The lowest BCUT2D eigenvalue weighted by atomic mass is 10.1. The molecule has 0 aromatic heterocycles. The molecule has 0 aliphatic heterocycles. The standard InChI is InChI=1S/C16H12F3NO4.C8H4ClF3O.C8H7NO5.C8H9NO3/c1-24-15(23)11-6-3-7-12(13(11)21)20-14(22)9-4-2-5-10(8-9)16(17,18)19;9-7(13)5-2-1-3-6(4-5)8(10,11)12;1-14-8(11)5-3-2-4-6(7(5)10)9(12)13;1-12-8(11)5-3-2-4-6(9)7(5)10/h2-8,21H,1H3,(H,20,22);1-4H;2-4,10H,1H3;2-4,10H,9H2,1H3. The van der Waals surface area contributed by atoms with Gasteiger partial charge in [0.1, 0.15) is 16.7 Å². The Morgan fingerprint density at radius 2 is 1.02 bits per heavy atom. The molecule has 0 spiro atoms. The number of aromatic hydroxyl groups is 3. The number of carbonyl (C=O) groups is 5. The molecule has 5 aromatic rings. The van der Waals surface area contributed by atoms with Crippen molar-refractivity contribution < 1.29 is 84.8 Å². The van der Waals surface area contributed by atoms with Crippen LogP contribution in [0.25, 0.3) is 0 Å². The molecule has 0 fully saturated rings. The summed E-state index contributed by atoms with van der Waals surface area (Å²) in [4.78, 5) is 65.6. The number of nitro benzene ring substituents is 1. The maximum absolute atomic E-state index is 12.7. The number of ether oxygens (including phenoxy) is 3. The second-order valence-electron chi connectivity index (χ2n) is 11.7. The number of carbonyl (C=O) groups excluding carboxylic acids is 5. The van der Waals surface area contributed by atoms with Gasteiger partial charge in [0.15, 0.2) is 11.5 Å². The maximum atomic E-state index is 12.7. The molecule has 16 nitrogen and oxygen atoms in total. The van der Waals surface area contributed by atoms with E-state index in [4.69, 9.17) is 17.3 Å². The molecule has 0 aliphatic rings. The van der Waals surface area contributed by atoms with Crippen molar-refractivity contribution >= 4 is 57.7 Å². The van der Waals surface area contributed by atoms with Crippen LogP contribution >= 0.6 is 11.6 Å². The summed E-state index contributed by atoms with van der Waals surface area (Å²) >= 11 is 5.02. The van der Waals surface area contributed by atoms with Gasteiger partial charge in [-0.25, -0.2) is 14.4 Å². The number of esters is 3. The molecule has 0 radical (unpaired) electrons. The number of methoxy groups -OCH3 is 3. The van der Waals surface area contributed by atoms with E-state index in [1.165, 1.54) is 61.7 Å². The summed E-state index contributed by atoms with van der Waals surface area (Å²) in [5.41, 5.74) is 2.31. The van der Waals surface area contributed by atoms with E-state index in [9.17, 15) is 75.7 Å². The van der Waals surface area contributed by atoms with E-state index >= 15 is 0 Å². The summed E-state index contributed by atoms with van der Waals surface area (Å²) in [5.74, 6) is -4.54. The molecule has 5 aromatic carbocycles. The van der Waals surface area contributed by atoms with Crippen molar-refractivity contribution in [2.24, 2.45) is 0 Å². The van der Waals surface area contributed by atoms with Gasteiger partial charge in [-0.15, -0.1) is 0 Å². The van der Waals surface area contributed by atoms with E-state index < -0.39 is 74.6 Å². The molecular weight excluding hydrogens is 880 g/mol. The number of nitrogens with zero attached hydrogens (tertiary/aromatic N) is 1. The van der Waals surface area contributed by atoms with Gasteiger partial charge in [-0.05, 0) is 72.3 Å². The summed E-state index contributed by atoms with van der Waals surface area (Å²) in [5, 5.41) is 40.3. The molecule has 1 amide bonds. The SMILES string of the molecule is COC(=O)c1cccc(N)c1O.COC(=O)c1cccc(NC(=O)c2cccc(C(F)(F)F)c2)c1O.COC(=O)c1cccc([N+](=O)[O-])c1O.O=C(Cl)c1cccc(C(F)(F)F)c1. The first-order chi connectivity index (χ1) is 29.4. The highest BCUT2D eigenvalue weighted by Crippen LogP contribution is 2.33. The van der Waals surface area contributed by atoms with Gasteiger partial charge in [-0.1, -0.05) is 36.4 Å². The van der Waals surface area contributed by atoms with E-state index in [0.717, 1.165) is 50.6 Å². The van der Waals surface area contributed by atoms with Gasteiger partial charge in [-0.2, -0.15) is 26.3 Å². The minimum atomic E-state index is -4.58. The normalized spacial score (nSPS) is 10.4. The molecule has 0 aliphatic carbocycles. The van der Waals surface area contributed by atoms with E-state index in [1.54, 1.807) is 6.07 Å². The number of phenolic OH excluding ortho intramolecular Hbond substituents is 3. The zero-order valence-electron chi connectivity index (χ0n) is 32.4. The second-order valence-corrected chi connectivity index (χ2v) is 12.1. The number of halogens is 7. The number of phenols is 3. The van der Waals surface area contributed by atoms with Crippen molar-refractivity contribution in [3.05, 3.63) is 152 Å². The molecule has 0 unspecified atom stereocenters. The van der Waals surface area contributed by atoms with Crippen LogP contribution in [0.4, 0.5) is 43.4 Å². The van der Waals surface area contributed by atoms with Crippen molar-refractivity contribution in [2.75, 3.05) is 32.4 Å². The number of alkyl halides is 6. The topological polar surface area (TPSA) is 255 Å². The van der Waals surface area contributed by atoms with Crippen LogP contribution in [0.1, 0.15) is 62.9 Å². The van der Waals surface area contributed by atoms with Crippen molar-refractivity contribution in [3.8, 4) is 17.2 Å². The highest BCUT2D eigenvalue weighted by molar-refractivity contribution is 6.67. The number of nitro groups is 1. The largest absolute Gasteiger partial charge is 0.505 e. The number of amides is 1. The Hall–Kier alpha value is -7.88. The number of hydrogen-bond donors (Lipinski definition) is 5. The molecule has 6 N–H and O–H groups in total. The average Bonchev–Trinajstić information content (AvgIpc) is 3.24. The summed E-state index contributed by atoms with van der Waals surface area (Å²) in [7, 11) is 3.49. The van der Waals surface area contributed by atoms with Gasteiger partial charge in [-0.3, -0.25) is 19.7 Å². The molecule has 0 saturated carbocycles. The van der Waals surface area contributed by atoms with Gasteiger partial charge in [0, 0.05) is 17.2 Å². The molecular formula is C40H32ClF6N3O13. The fourth-order valence-corrected chi connectivity index (χ4v) is 4.68. The lowest BCUT2D eigenvalue weighted by Crippen LogP contribution is -2.14. The molecule has 0 saturated heterocycles. The number of anilines is 2. The van der Waals surface area contributed by atoms with Crippen LogP contribution in [-0.2, 0) is 26.6 Å². The number of para-hydroxylation sites is 3. The summed E-state index contributed by atoms with van der Waals surface area (Å²) in [6, 6.07) is 19.9. The highest BCUT2D eigenvalue weighted by atomic mass is 35.5. The Bertz CT molecular complexity index is 2480. The predicted molar refractivity (Wildman–Crippen MR) is 210 cm³/mol. The first-order valence-corrected chi connectivity index (χ1v) is 17.2. The lowest BCUT2D eigenvalue weighted by Gasteiger charge is -2.11. The summed E-state index contributed by atoms with van der Waals surface area (Å²) in [6.45, 7) is 0. The van der Waals surface area contributed by atoms with Gasteiger partial charge in [0.05, 0.1) is 48.8 Å². The van der Waals surface area contributed by atoms with Crippen molar-refractivity contribution in [2.45, 2.75) is 12.4 Å². The van der Waals surface area contributed by atoms with Gasteiger partial charge in [0.2, 0.25) is 5.75 Å². The fraction of sp³-hybridized carbons (Fsp3) is 0.125. The van der Waals surface area contributed by atoms with Crippen LogP contribution in [0.15, 0.2) is 103 Å². The first-order valence-electron chi connectivity index (χ1n) is 16.9. The van der Waals surface area contributed by atoms with E-state index in [-0.39, 0.29) is 44.9 Å². The number of rotatable bonds is 7. The smallest absolute Gasteiger partial charge is 0.416 e. The summed E-state index contributed by atoms with van der Waals surface area (Å²) in [6.07, 6.45) is -9.02. The monoisotopic (exact) mass is 911 g/mol. The molecule has 63 heavy (non-hydrogen) atoms. The third-order valence-corrected chi connectivity index (χ3v) is 7.87. The van der Waals surface area contributed by atoms with E-state index in [0.29, 0.717) is 6.07 Å². The number of nitrogen functional groups attached to an aromatic ring is 1. The highest BCUT2D eigenvalue weighted by Gasteiger charge is 2.32. The Morgan fingerprint density at radius 3 is 1.46 bits per heavy atom. The van der Waals surface area contributed by atoms with Crippen molar-refractivity contribution in [3.63, 3.8) is 0 Å². The first kappa shape index (κ1) is 51.3. The Kier molecular flexibility index (Phi) is 18.4. The minimum Gasteiger partial charge on any atom is -0.505 e. The maximum Gasteiger partial charge on any atom is 0.416 e. The van der Waals surface area contributed by atoms with Crippen molar-refractivity contribution in [1.29, 1.82) is 0 Å². The summed E-state index contributed by atoms with van der Waals surface area (Å²) < 4.78 is 87.5. The molecule has 0 bridgehead atoms. The van der Waals surface area contributed by atoms with Gasteiger partial charge >= 0.3 is 35.9 Å². The number of nitrogens with two attached hydrogens (primary N) is 1. The van der Waals surface area contributed by atoms with Crippen LogP contribution in [-0.4, -0.2) is 70.6 Å². The van der Waals surface area contributed by atoms with Crippen LogP contribution in [0.3, 0.4) is 0 Å². The quantitative estimate of drug-likeness (QED) is 0.0150. The van der Waals surface area contributed by atoms with Crippen molar-refractivity contribution in [1.82, 2.24) is 0 Å². The minimum absolute atomic E-state index is 0.0810. The Balaban J connectivity index is 0.000000303. The zero-order chi connectivity index (χ0) is 47.8. The van der Waals surface area contributed by atoms with Crippen LogP contribution in [0, 0.1) is 10.1 Å². The van der Waals surface area contributed by atoms with E-state index in [2.05, 4.69) is 19.5 Å². The van der Waals surface area contributed by atoms with Gasteiger partial charge < -0.3 is 40.6 Å². The Morgan fingerprint density at radius 1 is 0.619 bits per heavy atom. The lowest BCUT2D eigenvalue weighted by molar-refractivity contribution is -0.385. The van der Waals surface area contributed by atoms with Crippen LogP contribution in [0.2, 0.25) is 0 Å². The average molecular weight is 912 g/mol. The molecule has 334 valence electrons. The van der Waals surface area contributed by atoms with E-state index in [1.807, 2.05) is 0 Å². The molecule has 5 rings (SSSR count). The molecule has 23 heteroatoms. The zero-order valence-corrected chi connectivity index (χ0v) is 33.2. The number of nitrogens with one attached hydrogen (secondary N) is 1. The fourth-order valence-electron chi connectivity index (χ4n) is 4.56. The molecule has 0 atom stereocenters. The Labute approximate surface area is 356 Å². The predicted octanol–water partition coefficient (Wildman–Crippen LogP) is 8.38. The molecule has 0 heterocycles. The number of benzene rings is 5. The second kappa shape index (κ2) is 22.6. The number of hydrogen-bond acceptors (Lipinski definition) is 14. The van der Waals surface area contributed by atoms with Crippen LogP contribution < -0.4 is 11.1 Å². The third-order valence-electron chi connectivity index (χ3n) is 7.65. The van der Waals surface area contributed by atoms with Crippen LogP contribution in [0.5, 0.6) is 17.2 Å².